The Morgan fingerprint density at radius 1 is 1.27 bits per heavy atom. The molecule has 0 saturated carbocycles. The molecule has 0 N–H and O–H groups in total. The van der Waals surface area contributed by atoms with Crippen molar-refractivity contribution in [3.63, 3.8) is 0 Å². The van der Waals surface area contributed by atoms with Gasteiger partial charge in [-0.3, -0.25) is 14.9 Å². The van der Waals surface area contributed by atoms with Crippen molar-refractivity contribution in [3.8, 4) is 0 Å². The summed E-state index contributed by atoms with van der Waals surface area (Å²) in [4.78, 5) is 6.43. The number of oxazole rings is 1. The molecule has 0 atom stereocenters. The summed E-state index contributed by atoms with van der Waals surface area (Å²) in [6.07, 6.45) is 2.28. The van der Waals surface area contributed by atoms with Gasteiger partial charge in [0.25, 0.3) is 0 Å². The summed E-state index contributed by atoms with van der Waals surface area (Å²) in [5.74, 6) is 1.44. The van der Waals surface area contributed by atoms with Gasteiger partial charge in [-0.15, -0.1) is 0 Å². The molecule has 2 aromatic rings. The number of anilines is 1. The van der Waals surface area contributed by atoms with Crippen molar-refractivity contribution < 1.29 is 4.42 Å². The van der Waals surface area contributed by atoms with Crippen molar-refractivity contribution in [1.29, 1.82) is 0 Å². The molecular weight excluding hydrogens is 320 g/mol. The molecule has 22 heavy (non-hydrogen) atoms. The Balaban J connectivity index is 1.87. The van der Waals surface area contributed by atoms with Crippen molar-refractivity contribution in [2.75, 3.05) is 18.0 Å². The third-order valence-electron chi connectivity index (χ3n) is 4.07. The molecule has 2 aliphatic heterocycles. The smallest absolute Gasteiger partial charge is 0.201 e. The lowest BCUT2D eigenvalue weighted by atomic mass is 10.2. The normalized spacial score (nSPS) is 18.5. The number of hydrazine groups is 1. The van der Waals surface area contributed by atoms with Crippen LogP contribution in [0, 0.1) is 6.92 Å². The largest absolute Gasteiger partial charge is 0.439 e. The van der Waals surface area contributed by atoms with E-state index < -0.39 is 0 Å². The highest BCUT2D eigenvalue weighted by Crippen LogP contribution is 2.38. The van der Waals surface area contributed by atoms with Crippen molar-refractivity contribution >= 4 is 45.7 Å². The highest BCUT2D eigenvalue weighted by atomic mass is 35.5. The zero-order valence-electron chi connectivity index (χ0n) is 12.2. The van der Waals surface area contributed by atoms with E-state index in [0.29, 0.717) is 16.5 Å². The predicted octanol–water partition coefficient (Wildman–Crippen LogP) is 3.68. The van der Waals surface area contributed by atoms with Crippen LogP contribution in [0.1, 0.15) is 18.7 Å². The molecular formula is C15H15ClN4OS. The summed E-state index contributed by atoms with van der Waals surface area (Å²) >= 11 is 11.9. The molecule has 0 bridgehead atoms. The van der Waals surface area contributed by atoms with Gasteiger partial charge < -0.3 is 4.42 Å². The summed E-state index contributed by atoms with van der Waals surface area (Å²) in [5.41, 5.74) is 2.17. The summed E-state index contributed by atoms with van der Waals surface area (Å²) in [5, 5.41) is 5.52. The van der Waals surface area contributed by atoms with Gasteiger partial charge in [-0.1, -0.05) is 18.2 Å². The number of thiocarbonyl (C=S) groups is 1. The number of benzene rings is 1. The Morgan fingerprint density at radius 2 is 2.00 bits per heavy atom. The Morgan fingerprint density at radius 3 is 2.73 bits per heavy atom. The van der Waals surface area contributed by atoms with E-state index in [1.807, 2.05) is 24.0 Å². The number of nitrogens with zero attached hydrogens (tertiary/aromatic N) is 4. The second-order valence-electron chi connectivity index (χ2n) is 5.46. The Kier molecular flexibility index (Phi) is 3.06. The van der Waals surface area contributed by atoms with Crippen LogP contribution in [0.4, 0.5) is 5.69 Å². The van der Waals surface area contributed by atoms with Crippen molar-refractivity contribution in [1.82, 2.24) is 15.0 Å². The lowest BCUT2D eigenvalue weighted by Crippen LogP contribution is -2.42. The first-order valence-corrected chi connectivity index (χ1v) is 8.00. The number of rotatable bonds is 1. The maximum absolute atomic E-state index is 6.22. The number of fused-ring (bicyclic) bond motifs is 2. The van der Waals surface area contributed by atoms with Crippen molar-refractivity contribution in [3.05, 3.63) is 35.4 Å². The molecule has 3 heterocycles. The molecule has 0 radical (unpaired) electrons. The molecule has 2 aliphatic rings. The van der Waals surface area contributed by atoms with E-state index in [1.54, 1.807) is 0 Å². The van der Waals surface area contributed by atoms with E-state index in [1.165, 1.54) is 0 Å². The predicted molar refractivity (Wildman–Crippen MR) is 90.6 cm³/mol. The number of halogens is 1. The van der Waals surface area contributed by atoms with Crippen LogP contribution in [0.3, 0.4) is 0 Å². The molecule has 2 saturated heterocycles. The van der Waals surface area contributed by atoms with Crippen LogP contribution in [0.25, 0.3) is 11.1 Å². The minimum atomic E-state index is 0.549. The molecule has 5 nitrogen and oxygen atoms in total. The molecule has 7 heteroatoms. The van der Waals surface area contributed by atoms with Crippen LogP contribution < -0.4 is 4.90 Å². The van der Waals surface area contributed by atoms with E-state index in [9.17, 15) is 0 Å². The minimum absolute atomic E-state index is 0.549. The highest BCUT2D eigenvalue weighted by Gasteiger charge is 2.38. The first-order chi connectivity index (χ1) is 10.6. The van der Waals surface area contributed by atoms with E-state index in [4.69, 9.17) is 28.2 Å². The number of hydrogen-bond donors (Lipinski definition) is 0. The van der Waals surface area contributed by atoms with Crippen LogP contribution >= 0.6 is 23.8 Å². The van der Waals surface area contributed by atoms with Gasteiger partial charge in [0.15, 0.2) is 11.5 Å². The maximum atomic E-state index is 6.22. The molecule has 0 spiro atoms. The Bertz CT molecular complexity index is 778. The zero-order chi connectivity index (χ0) is 15.4. The lowest BCUT2D eigenvalue weighted by molar-refractivity contribution is 0.0757. The van der Waals surface area contributed by atoms with Gasteiger partial charge in [0.05, 0.1) is 10.7 Å². The van der Waals surface area contributed by atoms with Gasteiger partial charge in [-0.25, -0.2) is 4.98 Å². The molecule has 114 valence electrons. The fraction of sp³-hybridized carbons (Fsp3) is 0.333. The monoisotopic (exact) mass is 334 g/mol. The average molecular weight is 335 g/mol. The zero-order valence-corrected chi connectivity index (χ0v) is 13.7. The molecule has 0 amide bonds. The van der Waals surface area contributed by atoms with Crippen LogP contribution in [-0.4, -0.2) is 33.2 Å². The summed E-state index contributed by atoms with van der Waals surface area (Å²) < 4.78 is 5.62. The topological polar surface area (TPSA) is 35.8 Å². The van der Waals surface area contributed by atoms with E-state index >= 15 is 0 Å². The minimum Gasteiger partial charge on any atom is -0.439 e. The third kappa shape index (κ3) is 1.84. The SMILES string of the molecule is C=C1N(c2ccc(Cl)c3oc(C)nc23)C(=S)N2CCCCN12. The second-order valence-corrected chi connectivity index (χ2v) is 6.24. The van der Waals surface area contributed by atoms with Gasteiger partial charge in [-0.2, -0.15) is 0 Å². The van der Waals surface area contributed by atoms with Crippen molar-refractivity contribution in [2.45, 2.75) is 19.8 Å². The van der Waals surface area contributed by atoms with Gasteiger partial charge >= 0.3 is 0 Å². The lowest BCUT2D eigenvalue weighted by Gasteiger charge is -2.33. The molecule has 1 aromatic carbocycles. The molecule has 0 aliphatic carbocycles. The van der Waals surface area contributed by atoms with Crippen molar-refractivity contribution in [2.24, 2.45) is 0 Å². The summed E-state index contributed by atoms with van der Waals surface area (Å²) in [6.45, 7) is 7.88. The third-order valence-corrected chi connectivity index (χ3v) is 4.76. The summed E-state index contributed by atoms with van der Waals surface area (Å²) in [6, 6.07) is 3.73. The summed E-state index contributed by atoms with van der Waals surface area (Å²) in [7, 11) is 0. The van der Waals surface area contributed by atoms with E-state index in [-0.39, 0.29) is 0 Å². The number of aryl methyl sites for hydroxylation is 1. The van der Waals surface area contributed by atoms with Gasteiger partial charge in [0, 0.05) is 20.0 Å². The second kappa shape index (κ2) is 4.86. The maximum Gasteiger partial charge on any atom is 0.201 e. The average Bonchev–Trinajstić information content (AvgIpc) is 3.02. The standard InChI is InChI=1S/C15H15ClN4OS/c1-9-17-13-12(6-5-11(16)14(13)21-9)20-10(2)18-7-3-4-8-19(18)15(20)22/h5-6H,2-4,7-8H2,1H3. The first kappa shape index (κ1) is 13.8. The van der Waals surface area contributed by atoms with Crippen LogP contribution in [0.15, 0.2) is 28.9 Å². The highest BCUT2D eigenvalue weighted by molar-refractivity contribution is 7.80. The number of hydrogen-bond acceptors (Lipinski definition) is 4. The fourth-order valence-corrected chi connectivity index (χ4v) is 3.65. The van der Waals surface area contributed by atoms with Crippen LogP contribution in [-0.2, 0) is 0 Å². The van der Waals surface area contributed by atoms with Crippen LogP contribution in [0.2, 0.25) is 5.02 Å². The molecule has 2 fully saturated rings. The van der Waals surface area contributed by atoms with Crippen LogP contribution in [0.5, 0.6) is 0 Å². The molecule has 0 unspecified atom stereocenters. The Hall–Kier alpha value is -1.79. The van der Waals surface area contributed by atoms with Gasteiger partial charge in [0.1, 0.15) is 11.3 Å². The number of aromatic nitrogens is 1. The van der Waals surface area contributed by atoms with Gasteiger partial charge in [-0.05, 0) is 37.2 Å². The fourth-order valence-electron chi connectivity index (χ4n) is 3.06. The Labute approximate surface area is 138 Å². The van der Waals surface area contributed by atoms with E-state index in [2.05, 4.69) is 21.6 Å². The van der Waals surface area contributed by atoms with Gasteiger partial charge in [0.2, 0.25) is 5.11 Å². The van der Waals surface area contributed by atoms with E-state index in [0.717, 1.165) is 48.1 Å². The first-order valence-electron chi connectivity index (χ1n) is 7.21. The quantitative estimate of drug-likeness (QED) is 0.740. The molecule has 4 rings (SSSR count). The molecule has 1 aromatic heterocycles.